The molecule has 6 nitrogen and oxygen atoms in total. The summed E-state index contributed by atoms with van der Waals surface area (Å²) >= 11 is 0. The fourth-order valence-electron chi connectivity index (χ4n) is 3.29. The number of benzene rings is 1. The zero-order chi connectivity index (χ0) is 17.5. The molecule has 2 aliphatic heterocycles. The van der Waals surface area contributed by atoms with Crippen LogP contribution < -0.4 is 15.5 Å². The molecule has 1 unspecified atom stereocenters. The highest BCUT2D eigenvalue weighted by Gasteiger charge is 2.19. The number of hydrogen-bond acceptors (Lipinski definition) is 3. The molecule has 1 atom stereocenters. The summed E-state index contributed by atoms with van der Waals surface area (Å²) in [5, 5.41) is 6.63. The first-order valence-electron chi connectivity index (χ1n) is 9.21. The SMILES string of the molecule is CN=C(NCc1ccc(N2CCCCC2=O)cc1)NCC1CCCO1.I. The van der Waals surface area contributed by atoms with Gasteiger partial charge in [0, 0.05) is 45.4 Å². The van der Waals surface area contributed by atoms with Gasteiger partial charge in [-0.2, -0.15) is 0 Å². The van der Waals surface area contributed by atoms with Crippen molar-refractivity contribution in [3.63, 3.8) is 0 Å². The van der Waals surface area contributed by atoms with E-state index in [4.69, 9.17) is 4.74 Å². The number of nitrogens with one attached hydrogen (secondary N) is 2. The molecule has 0 radical (unpaired) electrons. The molecule has 2 aliphatic rings. The monoisotopic (exact) mass is 472 g/mol. The van der Waals surface area contributed by atoms with Crippen LogP contribution in [-0.4, -0.2) is 44.7 Å². The Hall–Kier alpha value is -1.35. The summed E-state index contributed by atoms with van der Waals surface area (Å²) < 4.78 is 5.61. The average Bonchev–Trinajstić information content (AvgIpc) is 3.16. The molecular weight excluding hydrogens is 443 g/mol. The Balaban J connectivity index is 0.00000243. The van der Waals surface area contributed by atoms with Crippen LogP contribution in [0.5, 0.6) is 0 Å². The minimum absolute atomic E-state index is 0. The van der Waals surface area contributed by atoms with Gasteiger partial charge in [0.15, 0.2) is 5.96 Å². The molecule has 2 heterocycles. The number of hydrogen-bond donors (Lipinski definition) is 2. The van der Waals surface area contributed by atoms with Gasteiger partial charge in [0.2, 0.25) is 5.91 Å². The van der Waals surface area contributed by atoms with Crippen LogP contribution in [0.3, 0.4) is 0 Å². The molecule has 0 aromatic heterocycles. The zero-order valence-corrected chi connectivity index (χ0v) is 17.7. The lowest BCUT2D eigenvalue weighted by Crippen LogP contribution is -2.40. The number of halogens is 1. The number of ether oxygens (including phenoxy) is 1. The first-order valence-corrected chi connectivity index (χ1v) is 9.21. The van der Waals surface area contributed by atoms with Crippen molar-refractivity contribution in [1.82, 2.24) is 10.6 Å². The van der Waals surface area contributed by atoms with E-state index in [-0.39, 0.29) is 29.9 Å². The van der Waals surface area contributed by atoms with Gasteiger partial charge in [-0.1, -0.05) is 12.1 Å². The van der Waals surface area contributed by atoms with Gasteiger partial charge in [-0.05, 0) is 43.4 Å². The van der Waals surface area contributed by atoms with Crippen LogP contribution >= 0.6 is 24.0 Å². The van der Waals surface area contributed by atoms with E-state index in [9.17, 15) is 4.79 Å². The second-order valence-corrected chi connectivity index (χ2v) is 6.61. The molecule has 2 saturated heterocycles. The molecule has 2 fully saturated rings. The van der Waals surface area contributed by atoms with Crippen LogP contribution in [0.15, 0.2) is 29.3 Å². The van der Waals surface area contributed by atoms with Crippen LogP contribution in [0.1, 0.15) is 37.7 Å². The summed E-state index contributed by atoms with van der Waals surface area (Å²) in [6, 6.07) is 8.20. The maximum atomic E-state index is 12.0. The lowest BCUT2D eigenvalue weighted by molar-refractivity contribution is -0.119. The van der Waals surface area contributed by atoms with Gasteiger partial charge >= 0.3 is 0 Å². The van der Waals surface area contributed by atoms with E-state index in [1.165, 1.54) is 0 Å². The van der Waals surface area contributed by atoms with Gasteiger partial charge < -0.3 is 20.3 Å². The summed E-state index contributed by atoms with van der Waals surface area (Å²) in [5.74, 6) is 1.02. The quantitative estimate of drug-likeness (QED) is 0.393. The highest BCUT2D eigenvalue weighted by molar-refractivity contribution is 14.0. The summed E-state index contributed by atoms with van der Waals surface area (Å²) in [6.45, 7) is 3.18. The fraction of sp³-hybridized carbons (Fsp3) is 0.579. The van der Waals surface area contributed by atoms with Crippen molar-refractivity contribution in [2.24, 2.45) is 4.99 Å². The van der Waals surface area contributed by atoms with E-state index in [0.29, 0.717) is 19.1 Å². The number of rotatable bonds is 5. The topological polar surface area (TPSA) is 66.0 Å². The fourth-order valence-corrected chi connectivity index (χ4v) is 3.29. The average molecular weight is 472 g/mol. The van der Waals surface area contributed by atoms with Crippen LogP contribution in [0, 0.1) is 0 Å². The molecule has 0 bridgehead atoms. The molecule has 0 spiro atoms. The molecule has 3 rings (SSSR count). The summed E-state index contributed by atoms with van der Waals surface area (Å²) in [5.41, 5.74) is 2.16. The zero-order valence-electron chi connectivity index (χ0n) is 15.4. The number of aliphatic imine (C=N–C) groups is 1. The standard InChI is InChI=1S/C19H28N4O2.HI/c1-20-19(22-14-17-5-4-12-25-17)21-13-15-7-9-16(10-8-15)23-11-3-2-6-18(23)24;/h7-10,17H,2-6,11-14H2,1H3,(H2,20,21,22);1H. The number of carbonyl (C=O) groups excluding carboxylic acids is 1. The number of amides is 1. The van der Waals surface area contributed by atoms with Crippen molar-refractivity contribution in [1.29, 1.82) is 0 Å². The molecule has 144 valence electrons. The minimum atomic E-state index is 0. The molecule has 1 aromatic rings. The Morgan fingerprint density at radius 2 is 2.04 bits per heavy atom. The maximum Gasteiger partial charge on any atom is 0.226 e. The highest BCUT2D eigenvalue weighted by Crippen LogP contribution is 2.21. The smallest absolute Gasteiger partial charge is 0.226 e. The Kier molecular flexibility index (Phi) is 8.64. The number of piperidine rings is 1. The number of nitrogens with zero attached hydrogens (tertiary/aromatic N) is 2. The summed E-state index contributed by atoms with van der Waals surface area (Å²) in [4.78, 5) is 18.1. The lowest BCUT2D eigenvalue weighted by Gasteiger charge is -2.26. The number of guanidine groups is 1. The van der Waals surface area contributed by atoms with Crippen molar-refractivity contribution in [2.75, 3.05) is 31.6 Å². The Morgan fingerprint density at radius 3 is 2.69 bits per heavy atom. The number of carbonyl (C=O) groups is 1. The molecule has 1 amide bonds. The Bertz CT molecular complexity index is 600. The van der Waals surface area contributed by atoms with Crippen LogP contribution in [0.25, 0.3) is 0 Å². The van der Waals surface area contributed by atoms with Gasteiger partial charge in [0.1, 0.15) is 0 Å². The van der Waals surface area contributed by atoms with E-state index in [1.807, 2.05) is 17.0 Å². The molecule has 1 aromatic carbocycles. The van der Waals surface area contributed by atoms with E-state index in [2.05, 4.69) is 27.8 Å². The van der Waals surface area contributed by atoms with Crippen molar-refractivity contribution < 1.29 is 9.53 Å². The Morgan fingerprint density at radius 1 is 1.23 bits per heavy atom. The summed E-state index contributed by atoms with van der Waals surface area (Å²) in [7, 11) is 1.77. The molecule has 2 N–H and O–H groups in total. The lowest BCUT2D eigenvalue weighted by atomic mass is 10.1. The van der Waals surface area contributed by atoms with Crippen molar-refractivity contribution in [3.05, 3.63) is 29.8 Å². The third-order valence-corrected chi connectivity index (χ3v) is 4.78. The van der Waals surface area contributed by atoms with Gasteiger partial charge in [0.25, 0.3) is 0 Å². The number of anilines is 1. The van der Waals surface area contributed by atoms with Crippen LogP contribution in [0.4, 0.5) is 5.69 Å². The first kappa shape index (κ1) is 21.0. The molecule has 26 heavy (non-hydrogen) atoms. The van der Waals surface area contributed by atoms with Gasteiger partial charge in [-0.3, -0.25) is 9.79 Å². The van der Waals surface area contributed by atoms with Gasteiger partial charge in [-0.15, -0.1) is 24.0 Å². The molecule has 7 heteroatoms. The van der Waals surface area contributed by atoms with E-state index in [1.54, 1.807) is 7.05 Å². The predicted molar refractivity (Wildman–Crippen MR) is 115 cm³/mol. The van der Waals surface area contributed by atoms with Crippen LogP contribution in [0.2, 0.25) is 0 Å². The minimum Gasteiger partial charge on any atom is -0.376 e. The van der Waals surface area contributed by atoms with Crippen molar-refractivity contribution in [3.8, 4) is 0 Å². The molecule has 0 aliphatic carbocycles. The molecular formula is C19H29IN4O2. The maximum absolute atomic E-state index is 12.0. The van der Waals surface area contributed by atoms with Gasteiger partial charge in [-0.25, -0.2) is 0 Å². The molecule has 0 saturated carbocycles. The summed E-state index contributed by atoms with van der Waals surface area (Å²) in [6.07, 6.45) is 5.30. The second-order valence-electron chi connectivity index (χ2n) is 6.61. The highest BCUT2D eigenvalue weighted by atomic mass is 127. The van der Waals surface area contributed by atoms with E-state index >= 15 is 0 Å². The largest absolute Gasteiger partial charge is 0.376 e. The van der Waals surface area contributed by atoms with Gasteiger partial charge in [0.05, 0.1) is 6.10 Å². The normalized spacial score (nSPS) is 20.7. The third kappa shape index (κ3) is 5.84. The Labute approximate surface area is 172 Å². The second kappa shape index (κ2) is 10.7. The van der Waals surface area contributed by atoms with E-state index in [0.717, 1.165) is 62.6 Å². The predicted octanol–water partition coefficient (Wildman–Crippen LogP) is 2.67. The first-order chi connectivity index (χ1) is 12.3. The van der Waals surface area contributed by atoms with E-state index < -0.39 is 0 Å². The van der Waals surface area contributed by atoms with Crippen molar-refractivity contribution >= 4 is 41.5 Å². The van der Waals surface area contributed by atoms with Crippen molar-refractivity contribution in [2.45, 2.75) is 44.8 Å². The van der Waals surface area contributed by atoms with Crippen LogP contribution in [-0.2, 0) is 16.1 Å². The third-order valence-electron chi connectivity index (χ3n) is 4.78.